The van der Waals surface area contributed by atoms with Crippen molar-refractivity contribution in [2.45, 2.75) is 58.5 Å². The standard InChI is InChI=1S/C17H28N4O/c1-12(13(2)21-8-10-22-11-9-21)18-17-15-6-4-5-7-16(15)19-14(3)20-17/h12-13H,4-11H2,1-3H3,(H,18,19,20). The first-order valence-corrected chi connectivity index (χ1v) is 8.60. The van der Waals surface area contributed by atoms with Crippen LogP contribution in [-0.4, -0.2) is 53.3 Å². The molecule has 1 aromatic heterocycles. The zero-order chi connectivity index (χ0) is 15.5. The average Bonchev–Trinajstić information content (AvgIpc) is 2.54. The fraction of sp³-hybridized carbons (Fsp3) is 0.765. The predicted molar refractivity (Wildman–Crippen MR) is 88.3 cm³/mol. The van der Waals surface area contributed by atoms with E-state index in [4.69, 9.17) is 4.74 Å². The third kappa shape index (κ3) is 3.41. The van der Waals surface area contributed by atoms with Gasteiger partial charge in [-0.2, -0.15) is 0 Å². The van der Waals surface area contributed by atoms with Gasteiger partial charge in [-0.3, -0.25) is 4.90 Å². The Morgan fingerprint density at radius 1 is 1.09 bits per heavy atom. The van der Waals surface area contributed by atoms with Crippen LogP contribution in [0, 0.1) is 6.92 Å². The number of nitrogens with zero attached hydrogens (tertiary/aromatic N) is 3. The van der Waals surface area contributed by atoms with Gasteiger partial charge in [0.1, 0.15) is 11.6 Å². The SMILES string of the molecule is Cc1nc2c(c(NC(C)C(C)N3CCOCC3)n1)CCCC2. The zero-order valence-electron chi connectivity index (χ0n) is 14.1. The molecule has 5 heteroatoms. The van der Waals surface area contributed by atoms with Gasteiger partial charge in [0.25, 0.3) is 0 Å². The summed E-state index contributed by atoms with van der Waals surface area (Å²) in [6.07, 6.45) is 4.71. The molecule has 0 amide bonds. The highest BCUT2D eigenvalue weighted by Gasteiger charge is 2.24. The molecule has 1 N–H and O–H groups in total. The molecule has 22 heavy (non-hydrogen) atoms. The molecule has 5 nitrogen and oxygen atoms in total. The Bertz CT molecular complexity index is 514. The van der Waals surface area contributed by atoms with Gasteiger partial charge in [-0.1, -0.05) is 0 Å². The molecule has 2 heterocycles. The van der Waals surface area contributed by atoms with Crippen LogP contribution in [0.2, 0.25) is 0 Å². The van der Waals surface area contributed by atoms with E-state index in [2.05, 4.69) is 34.0 Å². The summed E-state index contributed by atoms with van der Waals surface area (Å²) in [5.41, 5.74) is 2.60. The van der Waals surface area contributed by atoms with Gasteiger partial charge in [0.15, 0.2) is 0 Å². The Labute approximate surface area is 133 Å². The third-order valence-electron chi connectivity index (χ3n) is 5.00. The predicted octanol–water partition coefficient (Wildman–Crippen LogP) is 2.18. The lowest BCUT2D eigenvalue weighted by Gasteiger charge is -2.36. The first-order chi connectivity index (χ1) is 10.6. The number of rotatable bonds is 4. The van der Waals surface area contributed by atoms with Crippen molar-refractivity contribution in [3.05, 3.63) is 17.1 Å². The number of aryl methyl sites for hydroxylation is 2. The largest absolute Gasteiger partial charge is 0.379 e. The zero-order valence-corrected chi connectivity index (χ0v) is 14.1. The summed E-state index contributed by atoms with van der Waals surface area (Å²) in [7, 11) is 0. The highest BCUT2D eigenvalue weighted by atomic mass is 16.5. The van der Waals surface area contributed by atoms with Crippen LogP contribution in [0.3, 0.4) is 0 Å². The van der Waals surface area contributed by atoms with E-state index in [-0.39, 0.29) is 0 Å². The third-order valence-corrected chi connectivity index (χ3v) is 5.00. The van der Waals surface area contributed by atoms with Crippen molar-refractivity contribution in [1.82, 2.24) is 14.9 Å². The Kier molecular flexibility index (Phi) is 4.93. The highest BCUT2D eigenvalue weighted by Crippen LogP contribution is 2.26. The minimum atomic E-state index is 0.360. The molecule has 0 aromatic carbocycles. The lowest BCUT2D eigenvalue weighted by atomic mass is 9.96. The van der Waals surface area contributed by atoms with Crippen LogP contribution in [0.25, 0.3) is 0 Å². The second-order valence-corrected chi connectivity index (χ2v) is 6.57. The molecular formula is C17H28N4O. The van der Waals surface area contributed by atoms with Gasteiger partial charge in [0.05, 0.1) is 13.2 Å². The number of hydrogen-bond donors (Lipinski definition) is 1. The molecule has 0 bridgehead atoms. The summed E-state index contributed by atoms with van der Waals surface area (Å²) in [6.45, 7) is 10.3. The second-order valence-electron chi connectivity index (χ2n) is 6.57. The van der Waals surface area contributed by atoms with E-state index in [0.717, 1.165) is 50.8 Å². The Hall–Kier alpha value is -1.20. The summed E-state index contributed by atoms with van der Waals surface area (Å²) in [4.78, 5) is 11.8. The molecule has 1 aliphatic carbocycles. The monoisotopic (exact) mass is 304 g/mol. The maximum Gasteiger partial charge on any atom is 0.133 e. The molecule has 2 unspecified atom stereocenters. The van der Waals surface area contributed by atoms with Gasteiger partial charge < -0.3 is 10.1 Å². The van der Waals surface area contributed by atoms with Gasteiger partial charge in [-0.15, -0.1) is 0 Å². The Morgan fingerprint density at radius 3 is 2.59 bits per heavy atom. The smallest absolute Gasteiger partial charge is 0.133 e. The van der Waals surface area contributed by atoms with E-state index < -0.39 is 0 Å². The highest BCUT2D eigenvalue weighted by molar-refractivity contribution is 5.48. The first-order valence-electron chi connectivity index (χ1n) is 8.60. The van der Waals surface area contributed by atoms with Crippen LogP contribution in [-0.2, 0) is 17.6 Å². The molecule has 2 atom stereocenters. The van der Waals surface area contributed by atoms with Crippen LogP contribution in [0.4, 0.5) is 5.82 Å². The maximum atomic E-state index is 5.46. The Morgan fingerprint density at radius 2 is 1.82 bits per heavy atom. The molecule has 2 aliphatic rings. The molecule has 0 saturated carbocycles. The van der Waals surface area contributed by atoms with Crippen LogP contribution < -0.4 is 5.32 Å². The van der Waals surface area contributed by atoms with E-state index in [1.165, 1.54) is 24.1 Å². The second kappa shape index (κ2) is 6.92. The quantitative estimate of drug-likeness (QED) is 0.924. The van der Waals surface area contributed by atoms with Crippen molar-refractivity contribution in [3.63, 3.8) is 0 Å². The lowest BCUT2D eigenvalue weighted by molar-refractivity contribution is 0.0175. The van der Waals surface area contributed by atoms with E-state index in [0.29, 0.717) is 12.1 Å². The maximum absolute atomic E-state index is 5.46. The van der Waals surface area contributed by atoms with Crippen molar-refractivity contribution in [2.24, 2.45) is 0 Å². The van der Waals surface area contributed by atoms with E-state index in [1.54, 1.807) is 0 Å². The average molecular weight is 304 g/mol. The van der Waals surface area contributed by atoms with Gasteiger partial charge in [0, 0.05) is 36.4 Å². The summed E-state index contributed by atoms with van der Waals surface area (Å²) in [6, 6.07) is 0.830. The summed E-state index contributed by atoms with van der Waals surface area (Å²) >= 11 is 0. The van der Waals surface area contributed by atoms with Crippen LogP contribution in [0.5, 0.6) is 0 Å². The normalized spacial score (nSPS) is 22.0. The number of anilines is 1. The fourth-order valence-electron chi connectivity index (χ4n) is 3.47. The van der Waals surface area contributed by atoms with Gasteiger partial charge in [-0.25, -0.2) is 9.97 Å². The van der Waals surface area contributed by atoms with Crippen molar-refractivity contribution < 1.29 is 4.74 Å². The van der Waals surface area contributed by atoms with Crippen molar-refractivity contribution >= 4 is 5.82 Å². The van der Waals surface area contributed by atoms with Crippen molar-refractivity contribution in [2.75, 3.05) is 31.6 Å². The summed E-state index contributed by atoms with van der Waals surface area (Å²) < 4.78 is 5.46. The number of morpholine rings is 1. The van der Waals surface area contributed by atoms with Crippen LogP contribution in [0.15, 0.2) is 0 Å². The number of hydrogen-bond acceptors (Lipinski definition) is 5. The van der Waals surface area contributed by atoms with E-state index in [1.807, 2.05) is 6.92 Å². The van der Waals surface area contributed by atoms with Crippen LogP contribution >= 0.6 is 0 Å². The number of nitrogens with one attached hydrogen (secondary N) is 1. The minimum absolute atomic E-state index is 0.360. The molecular weight excluding hydrogens is 276 g/mol. The fourth-order valence-corrected chi connectivity index (χ4v) is 3.47. The molecule has 1 fully saturated rings. The van der Waals surface area contributed by atoms with E-state index in [9.17, 15) is 0 Å². The van der Waals surface area contributed by atoms with E-state index >= 15 is 0 Å². The van der Waals surface area contributed by atoms with Crippen molar-refractivity contribution in [3.8, 4) is 0 Å². The first kappa shape index (κ1) is 15.7. The van der Waals surface area contributed by atoms with Crippen LogP contribution in [0.1, 0.15) is 43.8 Å². The van der Waals surface area contributed by atoms with Gasteiger partial charge in [0.2, 0.25) is 0 Å². The Balaban J connectivity index is 1.73. The molecule has 3 rings (SSSR count). The lowest BCUT2D eigenvalue weighted by Crippen LogP contribution is -2.49. The molecule has 1 aliphatic heterocycles. The molecule has 122 valence electrons. The minimum Gasteiger partial charge on any atom is -0.379 e. The number of ether oxygens (including phenoxy) is 1. The molecule has 0 radical (unpaired) electrons. The van der Waals surface area contributed by atoms with Crippen molar-refractivity contribution in [1.29, 1.82) is 0 Å². The topological polar surface area (TPSA) is 50.3 Å². The summed E-state index contributed by atoms with van der Waals surface area (Å²) in [5.74, 6) is 1.95. The molecule has 1 aromatic rings. The van der Waals surface area contributed by atoms with Gasteiger partial charge in [-0.05, 0) is 46.5 Å². The van der Waals surface area contributed by atoms with Gasteiger partial charge >= 0.3 is 0 Å². The summed E-state index contributed by atoms with van der Waals surface area (Å²) in [5, 5.41) is 3.67. The molecule has 1 saturated heterocycles. The number of fused-ring (bicyclic) bond motifs is 1. The number of aromatic nitrogens is 2. The molecule has 0 spiro atoms.